The van der Waals surface area contributed by atoms with E-state index in [0.717, 1.165) is 25.8 Å². The van der Waals surface area contributed by atoms with Crippen LogP contribution in [0.4, 0.5) is 0 Å². The molecule has 5 N–H and O–H groups in total. The molecule has 2 saturated heterocycles. The van der Waals surface area contributed by atoms with Gasteiger partial charge >= 0.3 is 0 Å². The van der Waals surface area contributed by atoms with Gasteiger partial charge in [-0.1, -0.05) is 0 Å². The van der Waals surface area contributed by atoms with Gasteiger partial charge in [0.2, 0.25) is 5.91 Å². The molecule has 2 aliphatic heterocycles. The maximum Gasteiger partial charge on any atom is 0.237 e. The molecule has 0 aromatic heterocycles. The molecule has 2 heterocycles. The first kappa shape index (κ1) is 14.8. The largest absolute Gasteiger partial charge is 0.370 e. The van der Waals surface area contributed by atoms with Crippen molar-refractivity contribution in [2.24, 2.45) is 16.5 Å². The lowest BCUT2D eigenvalue weighted by molar-refractivity contribution is -0.137. The second-order valence-electron chi connectivity index (χ2n) is 5.44. The summed E-state index contributed by atoms with van der Waals surface area (Å²) in [5, 5.41) is 2.85. The van der Waals surface area contributed by atoms with Crippen molar-refractivity contribution < 1.29 is 9.59 Å². The summed E-state index contributed by atoms with van der Waals surface area (Å²) in [5.74, 6) is 0.193. The highest BCUT2D eigenvalue weighted by Crippen LogP contribution is 2.19. The van der Waals surface area contributed by atoms with E-state index in [1.165, 1.54) is 0 Å². The van der Waals surface area contributed by atoms with Crippen molar-refractivity contribution in [2.45, 2.75) is 44.2 Å². The number of carbonyl (C=O) groups is 2. The van der Waals surface area contributed by atoms with Crippen LogP contribution < -0.4 is 16.8 Å². The quantitative estimate of drug-likeness (QED) is 0.346. The van der Waals surface area contributed by atoms with Gasteiger partial charge in [0.1, 0.15) is 6.04 Å². The molecule has 2 aliphatic rings. The normalized spacial score (nSPS) is 30.1. The van der Waals surface area contributed by atoms with Crippen LogP contribution in [0.5, 0.6) is 0 Å². The summed E-state index contributed by atoms with van der Waals surface area (Å²) >= 11 is 0. The number of carbonyl (C=O) groups excluding carboxylic acids is 2. The highest BCUT2D eigenvalue weighted by atomic mass is 16.2. The molecule has 0 aromatic carbocycles. The Kier molecular flexibility index (Phi) is 4.94. The molecular formula is C13H23N5O2. The topological polar surface area (TPSA) is 114 Å². The van der Waals surface area contributed by atoms with Gasteiger partial charge in [-0.2, -0.15) is 0 Å². The number of piperazine rings is 1. The molecular weight excluding hydrogens is 258 g/mol. The maximum atomic E-state index is 12.2. The molecule has 2 rings (SSSR count). The fraction of sp³-hybridized carbons (Fsp3) is 0.769. The zero-order chi connectivity index (χ0) is 14.5. The first-order chi connectivity index (χ1) is 9.58. The Morgan fingerprint density at radius 2 is 2.15 bits per heavy atom. The van der Waals surface area contributed by atoms with E-state index >= 15 is 0 Å². The lowest BCUT2D eigenvalue weighted by atomic mass is 9.96. The van der Waals surface area contributed by atoms with Crippen LogP contribution in [0.25, 0.3) is 0 Å². The Morgan fingerprint density at radius 1 is 1.35 bits per heavy atom. The lowest BCUT2D eigenvalue weighted by Gasteiger charge is -2.40. The first-order valence-corrected chi connectivity index (χ1v) is 7.20. The van der Waals surface area contributed by atoms with E-state index in [1.54, 1.807) is 0 Å². The third kappa shape index (κ3) is 3.69. The van der Waals surface area contributed by atoms with Gasteiger partial charge in [-0.15, -0.1) is 0 Å². The minimum atomic E-state index is -0.322. The second kappa shape index (κ2) is 6.69. The van der Waals surface area contributed by atoms with Crippen molar-refractivity contribution in [3.8, 4) is 0 Å². The smallest absolute Gasteiger partial charge is 0.237 e. The second-order valence-corrected chi connectivity index (χ2v) is 5.44. The van der Waals surface area contributed by atoms with Crippen LogP contribution >= 0.6 is 0 Å². The Morgan fingerprint density at radius 3 is 2.90 bits per heavy atom. The van der Waals surface area contributed by atoms with E-state index in [2.05, 4.69) is 15.2 Å². The molecule has 2 bridgehead atoms. The number of aliphatic imine (C=N–C) groups is 1. The van der Waals surface area contributed by atoms with Crippen LogP contribution in [0.15, 0.2) is 4.99 Å². The van der Waals surface area contributed by atoms with E-state index < -0.39 is 0 Å². The Bertz CT molecular complexity index is 406. The predicted molar refractivity (Wildman–Crippen MR) is 76.1 cm³/mol. The minimum absolute atomic E-state index is 0.0406. The number of hydrogen-bond acceptors (Lipinski definition) is 4. The van der Waals surface area contributed by atoms with Crippen LogP contribution in [0, 0.1) is 0 Å². The van der Waals surface area contributed by atoms with Crippen molar-refractivity contribution in [1.82, 2.24) is 10.2 Å². The predicted octanol–water partition coefficient (Wildman–Crippen LogP) is -1.04. The average molecular weight is 281 g/mol. The summed E-state index contributed by atoms with van der Waals surface area (Å²) in [6.45, 7) is 2.05. The van der Waals surface area contributed by atoms with Gasteiger partial charge in [0.15, 0.2) is 11.7 Å². The molecule has 3 atom stereocenters. The van der Waals surface area contributed by atoms with Crippen molar-refractivity contribution in [2.75, 3.05) is 19.6 Å². The average Bonchev–Trinajstić information content (AvgIpc) is 2.39. The highest BCUT2D eigenvalue weighted by molar-refractivity contribution is 5.92. The van der Waals surface area contributed by atoms with Gasteiger partial charge in [-0.05, 0) is 32.2 Å². The Hall–Kier alpha value is -1.63. The number of Topliss-reactive ketones (excluding diaryl/α,β-unsaturated/α-hetero) is 1. The van der Waals surface area contributed by atoms with Crippen LogP contribution in [0.1, 0.15) is 32.1 Å². The molecule has 0 radical (unpaired) electrons. The van der Waals surface area contributed by atoms with Crippen LogP contribution in [-0.2, 0) is 9.59 Å². The highest BCUT2D eigenvalue weighted by Gasteiger charge is 2.37. The molecule has 7 heteroatoms. The van der Waals surface area contributed by atoms with Crippen molar-refractivity contribution in [1.29, 1.82) is 0 Å². The van der Waals surface area contributed by atoms with Crippen molar-refractivity contribution in [3.63, 3.8) is 0 Å². The summed E-state index contributed by atoms with van der Waals surface area (Å²) in [6.07, 6.45) is 3.92. The van der Waals surface area contributed by atoms with Crippen molar-refractivity contribution >= 4 is 17.6 Å². The van der Waals surface area contributed by atoms with Gasteiger partial charge in [-0.3, -0.25) is 19.5 Å². The maximum absolute atomic E-state index is 12.2. The SMILES string of the molecule is NC(N)=NCCC[C@@H]1C(=O)N[C@H]2CN1CCCCC2=O. The van der Waals surface area contributed by atoms with E-state index in [1.807, 2.05) is 0 Å². The number of ketones is 1. The van der Waals surface area contributed by atoms with Gasteiger partial charge < -0.3 is 16.8 Å². The molecule has 20 heavy (non-hydrogen) atoms. The van der Waals surface area contributed by atoms with Gasteiger partial charge in [-0.25, -0.2) is 0 Å². The Balaban J connectivity index is 1.93. The molecule has 2 fully saturated rings. The zero-order valence-corrected chi connectivity index (χ0v) is 11.7. The fourth-order valence-corrected chi connectivity index (χ4v) is 2.87. The molecule has 0 saturated carbocycles. The standard InChI is InChI=1S/C13H23N5O2/c14-13(15)16-6-3-4-10-12(20)17-9-8-18(10)7-2-1-5-11(9)19/h9-10H,1-8H2,(H,17,20)(H4,14,15,16)/t9-,10+/m0/s1. The summed E-state index contributed by atoms with van der Waals surface area (Å²) in [6, 6.07) is -0.483. The van der Waals surface area contributed by atoms with Crippen LogP contribution in [0.3, 0.4) is 0 Å². The zero-order valence-electron chi connectivity index (χ0n) is 11.7. The third-order valence-corrected chi connectivity index (χ3v) is 3.91. The monoisotopic (exact) mass is 281 g/mol. The number of hydrogen-bond donors (Lipinski definition) is 3. The Labute approximate surface area is 118 Å². The molecule has 0 aromatic rings. The van der Waals surface area contributed by atoms with E-state index in [-0.39, 0.29) is 29.7 Å². The summed E-state index contributed by atoms with van der Waals surface area (Å²) < 4.78 is 0. The molecule has 112 valence electrons. The number of rotatable bonds is 4. The van der Waals surface area contributed by atoms with E-state index in [4.69, 9.17) is 11.5 Å². The lowest BCUT2D eigenvalue weighted by Crippen LogP contribution is -2.62. The number of nitrogens with one attached hydrogen (secondary N) is 1. The molecule has 7 nitrogen and oxygen atoms in total. The van der Waals surface area contributed by atoms with E-state index in [0.29, 0.717) is 25.9 Å². The third-order valence-electron chi connectivity index (χ3n) is 3.91. The number of amides is 1. The molecule has 1 unspecified atom stereocenters. The number of nitrogens with two attached hydrogens (primary N) is 2. The summed E-state index contributed by atoms with van der Waals surface area (Å²) in [5.41, 5.74) is 10.5. The molecule has 0 spiro atoms. The summed E-state index contributed by atoms with van der Waals surface area (Å²) in [4.78, 5) is 30.1. The fourth-order valence-electron chi connectivity index (χ4n) is 2.87. The van der Waals surface area contributed by atoms with Gasteiger partial charge in [0.05, 0.1) is 6.04 Å². The summed E-state index contributed by atoms with van der Waals surface area (Å²) in [7, 11) is 0. The molecule has 1 amide bonds. The van der Waals surface area contributed by atoms with Crippen LogP contribution in [-0.4, -0.2) is 54.3 Å². The van der Waals surface area contributed by atoms with Crippen molar-refractivity contribution in [3.05, 3.63) is 0 Å². The van der Waals surface area contributed by atoms with Crippen LogP contribution in [0.2, 0.25) is 0 Å². The number of fused-ring (bicyclic) bond motifs is 2. The minimum Gasteiger partial charge on any atom is -0.370 e. The first-order valence-electron chi connectivity index (χ1n) is 7.20. The molecule has 0 aliphatic carbocycles. The number of guanidine groups is 1. The van der Waals surface area contributed by atoms with Gasteiger partial charge in [0, 0.05) is 19.5 Å². The number of nitrogens with zero attached hydrogens (tertiary/aromatic N) is 2. The van der Waals surface area contributed by atoms with E-state index in [9.17, 15) is 9.59 Å². The van der Waals surface area contributed by atoms with Gasteiger partial charge in [0.25, 0.3) is 0 Å².